The molecule has 0 bridgehead atoms. The largest absolute Gasteiger partial charge is 0.361 e. The van der Waals surface area contributed by atoms with Gasteiger partial charge in [-0.25, -0.2) is 13.2 Å². The van der Waals surface area contributed by atoms with Crippen molar-refractivity contribution in [2.24, 2.45) is 0 Å². The van der Waals surface area contributed by atoms with Crippen LogP contribution in [0.1, 0.15) is 0 Å². The molecule has 24 heavy (non-hydrogen) atoms. The molecule has 0 aromatic heterocycles. The van der Waals surface area contributed by atoms with Gasteiger partial charge in [0.2, 0.25) is 0 Å². The number of hydrogen-bond acceptors (Lipinski definition) is 3. The second kappa shape index (κ2) is 4.98. The number of ether oxygens (including phenoxy) is 1. The molecule has 1 saturated carbocycles. The molecule has 1 rings (SSSR count). The van der Waals surface area contributed by atoms with Crippen molar-refractivity contribution in [2.75, 3.05) is 6.86 Å². The lowest BCUT2D eigenvalue weighted by molar-refractivity contribution is -0.473. The molecule has 2 atom stereocenters. The first-order chi connectivity index (χ1) is 10.4. The minimum atomic E-state index is -7.47. The average Bonchev–Trinajstić information content (AvgIpc) is 2.42. The molecular formula is C9H2F12O3. The molecule has 0 heterocycles. The molecule has 0 aromatic carbocycles. The van der Waals surface area contributed by atoms with Crippen LogP contribution >= 0.6 is 0 Å². The van der Waals surface area contributed by atoms with E-state index < -0.39 is 53.9 Å². The van der Waals surface area contributed by atoms with Crippen LogP contribution in [0.25, 0.3) is 0 Å². The summed E-state index contributed by atoms with van der Waals surface area (Å²) in [6, 6.07) is -9.30. The highest BCUT2D eigenvalue weighted by Crippen LogP contribution is 2.69. The van der Waals surface area contributed by atoms with Crippen molar-refractivity contribution in [3.63, 3.8) is 0 Å². The highest BCUT2D eigenvalue weighted by molar-refractivity contribution is 5.89. The maximum atomic E-state index is 13.8. The van der Waals surface area contributed by atoms with E-state index in [1.54, 1.807) is 0 Å². The molecular weight excluding hydrogens is 384 g/mol. The van der Waals surface area contributed by atoms with Gasteiger partial charge in [0, 0.05) is 0 Å². The molecule has 0 radical (unpaired) electrons. The number of carbonyl (C=O) groups is 2. The summed E-state index contributed by atoms with van der Waals surface area (Å²) in [6.45, 7) is -3.11. The summed E-state index contributed by atoms with van der Waals surface area (Å²) in [6.07, 6.45) is 0. The van der Waals surface area contributed by atoms with Crippen LogP contribution in [0.3, 0.4) is 0 Å². The normalized spacial score (nSPS) is 40.2. The van der Waals surface area contributed by atoms with Crippen LogP contribution in [0.2, 0.25) is 0 Å². The summed E-state index contributed by atoms with van der Waals surface area (Å²) in [4.78, 5) is 20.4. The zero-order chi connectivity index (χ0) is 19.6. The van der Waals surface area contributed by atoms with Crippen molar-refractivity contribution in [1.29, 1.82) is 0 Å². The van der Waals surface area contributed by atoms with E-state index in [0.717, 1.165) is 0 Å². The van der Waals surface area contributed by atoms with Gasteiger partial charge in [-0.3, -0.25) is 9.59 Å². The maximum Gasteiger partial charge on any atom is 0.361 e. The first-order valence-electron chi connectivity index (χ1n) is 5.25. The Balaban J connectivity index is 4.08. The maximum absolute atomic E-state index is 13.8. The van der Waals surface area contributed by atoms with Crippen LogP contribution in [0.15, 0.2) is 0 Å². The van der Waals surface area contributed by atoms with E-state index >= 15 is 0 Å². The highest BCUT2D eigenvalue weighted by Gasteiger charge is 3.03. The molecule has 0 amide bonds. The summed E-state index contributed by atoms with van der Waals surface area (Å²) >= 11 is 0. The fourth-order valence-corrected chi connectivity index (χ4v) is 2.02. The van der Waals surface area contributed by atoms with Crippen LogP contribution in [0.4, 0.5) is 52.7 Å². The summed E-state index contributed by atoms with van der Waals surface area (Å²) < 4.78 is 161. The van der Waals surface area contributed by atoms with Gasteiger partial charge in [0.15, 0.2) is 6.86 Å². The Hall–Kier alpha value is -1.54. The minimum absolute atomic E-state index is 2.40. The lowest BCUT2D eigenvalue weighted by atomic mass is 9.66. The molecule has 0 saturated heterocycles. The van der Waals surface area contributed by atoms with Crippen molar-refractivity contribution >= 4 is 12.1 Å². The summed E-state index contributed by atoms with van der Waals surface area (Å²) in [7, 11) is 0. The Bertz CT molecular complexity index is 534. The van der Waals surface area contributed by atoms with E-state index in [4.69, 9.17) is 0 Å². The first-order valence-corrected chi connectivity index (χ1v) is 5.25. The van der Waals surface area contributed by atoms with Gasteiger partial charge in [-0.15, -0.1) is 0 Å². The van der Waals surface area contributed by atoms with Crippen LogP contribution in [-0.4, -0.2) is 53.9 Å². The van der Waals surface area contributed by atoms with E-state index in [1.807, 2.05) is 0 Å². The van der Waals surface area contributed by atoms with E-state index in [1.165, 1.54) is 0 Å². The van der Waals surface area contributed by atoms with Gasteiger partial charge < -0.3 is 4.74 Å². The molecule has 1 fully saturated rings. The zero-order valence-electron chi connectivity index (χ0n) is 10.5. The molecule has 1 aliphatic carbocycles. The second-order valence-electron chi connectivity index (χ2n) is 4.44. The number of alkyl halides is 10. The van der Waals surface area contributed by atoms with Gasteiger partial charge in [-0.1, -0.05) is 0 Å². The number of hydrogen-bond donors (Lipinski definition) is 0. The Labute approximate surface area is 122 Å². The minimum Gasteiger partial charge on any atom is -0.304 e. The SMILES string of the molecule is O=C(F)C1(F)C(F)(F)C(F)(OCF)C(F)(F)C(F)(C(=O)F)C1(F)F. The molecule has 0 spiro atoms. The Morgan fingerprint density at radius 2 is 0.958 bits per heavy atom. The van der Waals surface area contributed by atoms with Gasteiger partial charge in [-0.05, 0) is 0 Å². The van der Waals surface area contributed by atoms with Crippen molar-refractivity contribution in [2.45, 2.75) is 35.0 Å². The van der Waals surface area contributed by atoms with E-state index in [-0.39, 0.29) is 0 Å². The summed E-state index contributed by atoms with van der Waals surface area (Å²) in [5, 5.41) is 0. The van der Waals surface area contributed by atoms with Crippen LogP contribution < -0.4 is 0 Å². The Morgan fingerprint density at radius 3 is 1.17 bits per heavy atom. The lowest BCUT2D eigenvalue weighted by Gasteiger charge is -2.53. The van der Waals surface area contributed by atoms with Crippen LogP contribution in [0.5, 0.6) is 0 Å². The number of halogens is 12. The number of carbonyl (C=O) groups excluding carboxylic acids is 2. The topological polar surface area (TPSA) is 43.4 Å². The Kier molecular flexibility index (Phi) is 4.26. The van der Waals surface area contributed by atoms with E-state index in [0.29, 0.717) is 0 Å². The molecule has 0 N–H and O–H groups in total. The third-order valence-corrected chi connectivity index (χ3v) is 3.33. The third-order valence-electron chi connectivity index (χ3n) is 3.33. The van der Waals surface area contributed by atoms with Crippen molar-refractivity contribution in [3.8, 4) is 0 Å². The summed E-state index contributed by atoms with van der Waals surface area (Å²) in [5.41, 5.74) is -14.4. The fourth-order valence-electron chi connectivity index (χ4n) is 2.02. The standard InChI is InChI=1S/C9H2F12O3/c10-1-24-9(21)7(17,18)4(13,2(11)22)6(15,16)5(14,3(12)23)8(9,19)20/h1H2. The highest BCUT2D eigenvalue weighted by atomic mass is 19.3. The van der Waals surface area contributed by atoms with Gasteiger partial charge in [0.1, 0.15) is 0 Å². The molecule has 0 aliphatic heterocycles. The lowest BCUT2D eigenvalue weighted by Crippen LogP contribution is -2.89. The van der Waals surface area contributed by atoms with E-state index in [2.05, 4.69) is 4.74 Å². The molecule has 0 aromatic rings. The monoisotopic (exact) mass is 386 g/mol. The zero-order valence-corrected chi connectivity index (χ0v) is 10.5. The van der Waals surface area contributed by atoms with Crippen molar-refractivity contribution in [3.05, 3.63) is 0 Å². The third kappa shape index (κ3) is 1.65. The van der Waals surface area contributed by atoms with Crippen LogP contribution in [0, 0.1) is 0 Å². The van der Waals surface area contributed by atoms with Gasteiger partial charge >= 0.3 is 47.0 Å². The predicted octanol–water partition coefficient (Wildman–Crippen LogP) is 2.92. The average molecular weight is 386 g/mol. The Morgan fingerprint density at radius 1 is 0.667 bits per heavy atom. The molecule has 140 valence electrons. The summed E-state index contributed by atoms with van der Waals surface area (Å²) in [5.74, 6) is -29.0. The predicted molar refractivity (Wildman–Crippen MR) is 45.6 cm³/mol. The van der Waals surface area contributed by atoms with Gasteiger partial charge in [0.25, 0.3) is 0 Å². The van der Waals surface area contributed by atoms with E-state index in [9.17, 15) is 62.3 Å². The van der Waals surface area contributed by atoms with Crippen molar-refractivity contribution in [1.82, 2.24) is 0 Å². The molecule has 1 aliphatic rings. The molecule has 3 nitrogen and oxygen atoms in total. The molecule has 2 unspecified atom stereocenters. The molecule has 15 heteroatoms. The smallest absolute Gasteiger partial charge is 0.304 e. The fraction of sp³-hybridized carbons (Fsp3) is 0.778. The van der Waals surface area contributed by atoms with Crippen LogP contribution in [-0.2, 0) is 14.3 Å². The van der Waals surface area contributed by atoms with Gasteiger partial charge in [0.05, 0.1) is 0 Å². The second-order valence-corrected chi connectivity index (χ2v) is 4.44. The quantitative estimate of drug-likeness (QED) is 0.552. The van der Waals surface area contributed by atoms with Crippen molar-refractivity contribution < 1.29 is 67.0 Å². The first kappa shape index (κ1) is 20.5. The van der Waals surface area contributed by atoms with Gasteiger partial charge in [-0.2, -0.15) is 39.5 Å². The number of rotatable bonds is 4.